The van der Waals surface area contributed by atoms with Crippen LogP contribution < -0.4 is 0 Å². The fraction of sp³-hybridized carbons (Fsp3) is 0.722. The number of alkyl halides is 3. The first-order valence-corrected chi connectivity index (χ1v) is 10.8. The van der Waals surface area contributed by atoms with Crippen molar-refractivity contribution in [2.24, 2.45) is 11.3 Å². The molecule has 1 aromatic rings. The molecule has 3 fully saturated rings. The normalized spacial score (nSPS) is 24.0. The summed E-state index contributed by atoms with van der Waals surface area (Å²) in [5, 5.41) is 0. The van der Waals surface area contributed by atoms with Crippen molar-refractivity contribution in [1.82, 2.24) is 14.2 Å². The number of aryl methyl sites for hydroxylation is 1. The molecular formula is C18H24F3N3O3S. The summed E-state index contributed by atoms with van der Waals surface area (Å²) in [6.07, 6.45) is -1.92. The number of nitrogens with zero attached hydrogens (tertiary/aromatic N) is 3. The van der Waals surface area contributed by atoms with Gasteiger partial charge in [0.2, 0.25) is 10.0 Å². The topological polar surface area (TPSA) is 62.7 Å². The van der Waals surface area contributed by atoms with Crippen molar-refractivity contribution in [3.8, 4) is 0 Å². The molecule has 28 heavy (non-hydrogen) atoms. The van der Waals surface area contributed by atoms with Gasteiger partial charge < -0.3 is 4.74 Å². The van der Waals surface area contributed by atoms with E-state index in [2.05, 4.69) is 9.88 Å². The fourth-order valence-electron chi connectivity index (χ4n) is 4.36. The maximum absolute atomic E-state index is 12.8. The van der Waals surface area contributed by atoms with Gasteiger partial charge in [0.25, 0.3) is 0 Å². The van der Waals surface area contributed by atoms with E-state index < -0.39 is 21.9 Å². The minimum absolute atomic E-state index is 0.0395. The highest BCUT2D eigenvalue weighted by atomic mass is 32.2. The lowest BCUT2D eigenvalue weighted by Gasteiger charge is -2.60. The summed E-state index contributed by atoms with van der Waals surface area (Å²) >= 11 is 0. The van der Waals surface area contributed by atoms with E-state index in [1.807, 2.05) is 0 Å². The molecule has 1 spiro atoms. The lowest BCUT2D eigenvalue weighted by atomic mass is 9.74. The number of hydrogen-bond donors (Lipinski definition) is 0. The Labute approximate surface area is 162 Å². The van der Waals surface area contributed by atoms with Gasteiger partial charge in [-0.1, -0.05) is 0 Å². The zero-order valence-electron chi connectivity index (χ0n) is 15.9. The molecule has 1 unspecified atom stereocenters. The maximum Gasteiger partial charge on any atom is 0.433 e. The van der Waals surface area contributed by atoms with Gasteiger partial charge in [-0.3, -0.25) is 4.90 Å². The molecule has 4 rings (SSSR count). The Bertz CT molecular complexity index is 857. The Morgan fingerprint density at radius 2 is 1.89 bits per heavy atom. The van der Waals surface area contributed by atoms with Crippen molar-refractivity contribution >= 4 is 10.0 Å². The number of ether oxygens (including phenoxy) is 1. The zero-order chi connectivity index (χ0) is 20.3. The number of hydrogen-bond acceptors (Lipinski definition) is 5. The summed E-state index contributed by atoms with van der Waals surface area (Å²) in [4.78, 5) is 5.59. The Kier molecular flexibility index (Phi) is 4.76. The quantitative estimate of drug-likeness (QED) is 0.707. The summed E-state index contributed by atoms with van der Waals surface area (Å²) in [5.74, 6) is 0.648. The Morgan fingerprint density at radius 1 is 1.25 bits per heavy atom. The molecule has 0 amide bonds. The predicted octanol–water partition coefficient (Wildman–Crippen LogP) is 2.14. The van der Waals surface area contributed by atoms with E-state index in [1.54, 1.807) is 7.11 Å². The Hall–Kier alpha value is -1.23. The first kappa shape index (κ1) is 20.1. The summed E-state index contributed by atoms with van der Waals surface area (Å²) in [5.41, 5.74) is -1.25. The molecule has 0 aromatic carbocycles. The number of methoxy groups -OCH3 is 1. The van der Waals surface area contributed by atoms with Crippen molar-refractivity contribution in [3.05, 3.63) is 23.5 Å². The van der Waals surface area contributed by atoms with Crippen molar-refractivity contribution < 1.29 is 26.3 Å². The summed E-state index contributed by atoms with van der Waals surface area (Å²) < 4.78 is 70.8. The second-order valence-electron chi connectivity index (χ2n) is 8.33. The summed E-state index contributed by atoms with van der Waals surface area (Å²) in [6, 6.07) is 1.74. The minimum Gasteiger partial charge on any atom is -0.380 e. The van der Waals surface area contributed by atoms with E-state index in [4.69, 9.17) is 4.74 Å². The maximum atomic E-state index is 12.8. The summed E-state index contributed by atoms with van der Waals surface area (Å²) in [6.45, 7) is 4.62. The van der Waals surface area contributed by atoms with Crippen molar-refractivity contribution in [3.63, 3.8) is 0 Å². The summed E-state index contributed by atoms with van der Waals surface area (Å²) in [7, 11) is -2.10. The number of halogens is 3. The molecule has 3 aliphatic rings. The molecule has 0 radical (unpaired) electrons. The lowest BCUT2D eigenvalue weighted by molar-refractivity contribution is -0.141. The van der Waals surface area contributed by atoms with Crippen LogP contribution in [-0.2, 0) is 20.9 Å². The number of pyridine rings is 1. The molecule has 2 saturated heterocycles. The van der Waals surface area contributed by atoms with Gasteiger partial charge in [-0.05, 0) is 37.8 Å². The van der Waals surface area contributed by atoms with Gasteiger partial charge in [0.15, 0.2) is 0 Å². The minimum atomic E-state index is -4.59. The van der Waals surface area contributed by atoms with Gasteiger partial charge >= 0.3 is 6.18 Å². The third kappa shape index (κ3) is 3.55. The van der Waals surface area contributed by atoms with Gasteiger partial charge in [-0.2, -0.15) is 17.5 Å². The van der Waals surface area contributed by atoms with E-state index in [0.717, 1.165) is 31.8 Å². The van der Waals surface area contributed by atoms with Crippen LogP contribution in [0.5, 0.6) is 0 Å². The first-order valence-electron chi connectivity index (χ1n) is 9.34. The van der Waals surface area contributed by atoms with Crippen molar-refractivity contribution in [2.75, 3.05) is 39.8 Å². The van der Waals surface area contributed by atoms with Crippen LogP contribution in [0.2, 0.25) is 0 Å². The molecule has 1 atom stereocenters. The average Bonchev–Trinajstić information content (AvgIpc) is 3.35. The van der Waals surface area contributed by atoms with E-state index in [0.29, 0.717) is 19.0 Å². The first-order chi connectivity index (χ1) is 13.0. The van der Waals surface area contributed by atoms with E-state index in [9.17, 15) is 21.6 Å². The smallest absolute Gasteiger partial charge is 0.380 e. The predicted molar refractivity (Wildman–Crippen MR) is 95.1 cm³/mol. The molecule has 156 valence electrons. The second-order valence-corrected chi connectivity index (χ2v) is 10.2. The zero-order valence-corrected chi connectivity index (χ0v) is 16.7. The molecule has 10 heteroatoms. The van der Waals surface area contributed by atoms with Gasteiger partial charge in [0.1, 0.15) is 10.6 Å². The molecular weight excluding hydrogens is 395 g/mol. The van der Waals surface area contributed by atoms with E-state index in [-0.39, 0.29) is 22.1 Å². The Morgan fingerprint density at radius 3 is 2.39 bits per heavy atom. The third-order valence-corrected chi connectivity index (χ3v) is 7.90. The van der Waals surface area contributed by atoms with Crippen LogP contribution in [0.25, 0.3) is 0 Å². The van der Waals surface area contributed by atoms with Crippen molar-refractivity contribution in [2.45, 2.75) is 36.9 Å². The highest BCUT2D eigenvalue weighted by Crippen LogP contribution is 2.44. The number of sulfonamides is 1. The van der Waals surface area contributed by atoms with Gasteiger partial charge in [0.05, 0.1) is 11.8 Å². The molecule has 6 nitrogen and oxygen atoms in total. The second kappa shape index (κ2) is 6.65. The fourth-order valence-corrected chi connectivity index (χ4v) is 6.18. The number of rotatable bonds is 6. The molecule has 0 bridgehead atoms. The van der Waals surface area contributed by atoms with Crippen LogP contribution in [-0.4, -0.2) is 68.5 Å². The van der Waals surface area contributed by atoms with Crippen LogP contribution in [0, 0.1) is 18.3 Å². The average molecular weight is 419 g/mol. The molecule has 2 aliphatic heterocycles. The third-order valence-electron chi connectivity index (χ3n) is 5.98. The van der Waals surface area contributed by atoms with Gasteiger partial charge in [-0.15, -0.1) is 0 Å². The highest BCUT2D eigenvalue weighted by Gasteiger charge is 2.55. The molecule has 0 N–H and O–H groups in total. The Balaban J connectivity index is 1.37. The van der Waals surface area contributed by atoms with E-state index >= 15 is 0 Å². The number of aromatic nitrogens is 1. The van der Waals surface area contributed by atoms with Crippen LogP contribution in [0.4, 0.5) is 13.2 Å². The SMILES string of the molecule is COC(CN1CC2(C1)CN(S(=O)(=O)c1ccc(C(F)(F)F)nc1C)C2)C1CC1. The molecule has 1 saturated carbocycles. The molecule has 1 aromatic heterocycles. The lowest BCUT2D eigenvalue weighted by Crippen LogP contribution is -2.73. The monoisotopic (exact) mass is 419 g/mol. The van der Waals surface area contributed by atoms with Crippen LogP contribution >= 0.6 is 0 Å². The number of likely N-dealkylation sites (tertiary alicyclic amines) is 1. The van der Waals surface area contributed by atoms with Gasteiger partial charge in [0, 0.05) is 45.2 Å². The van der Waals surface area contributed by atoms with Crippen molar-refractivity contribution in [1.29, 1.82) is 0 Å². The van der Waals surface area contributed by atoms with Crippen LogP contribution in [0.15, 0.2) is 17.0 Å². The van der Waals surface area contributed by atoms with Gasteiger partial charge in [-0.25, -0.2) is 13.4 Å². The molecule has 1 aliphatic carbocycles. The highest BCUT2D eigenvalue weighted by molar-refractivity contribution is 7.89. The van der Waals surface area contributed by atoms with Crippen LogP contribution in [0.1, 0.15) is 24.2 Å². The van der Waals surface area contributed by atoms with Crippen LogP contribution in [0.3, 0.4) is 0 Å². The molecule has 3 heterocycles. The standard InChI is InChI=1S/C18H24F3N3O3S/c1-12-15(5-6-16(22-12)18(19,20)21)28(25,26)24-10-17(11-24)8-23(9-17)7-14(27-2)13-3-4-13/h5-6,13-14H,3-4,7-11H2,1-2H3. The largest absolute Gasteiger partial charge is 0.433 e. The van der Waals surface area contributed by atoms with E-state index in [1.165, 1.54) is 24.1 Å².